The molecule has 0 radical (unpaired) electrons. The van der Waals surface area contributed by atoms with Gasteiger partial charge in [-0.25, -0.2) is 0 Å². The van der Waals surface area contributed by atoms with E-state index in [4.69, 9.17) is 0 Å². The lowest BCUT2D eigenvalue weighted by Crippen LogP contribution is -2.12. The molecule has 0 aliphatic heterocycles. The predicted octanol–water partition coefficient (Wildman–Crippen LogP) is 0.437. The highest BCUT2D eigenvalue weighted by atomic mass is 32.1. The van der Waals surface area contributed by atoms with Crippen molar-refractivity contribution in [2.24, 2.45) is 0 Å². The molecule has 4 heteroatoms. The van der Waals surface area contributed by atoms with Crippen LogP contribution >= 0.6 is 12.6 Å². The Labute approximate surface area is 65.2 Å². The van der Waals surface area contributed by atoms with Gasteiger partial charge < -0.3 is 4.74 Å². The second-order valence-corrected chi connectivity index (χ2v) is 2.51. The number of Topliss-reactive ketones (excluding diaryl/α,β-unsaturated/α-hetero) is 1. The molecule has 0 unspecified atom stereocenters. The molecule has 0 aromatic heterocycles. The summed E-state index contributed by atoms with van der Waals surface area (Å²) in [6.07, 6.45) is 0.483. The van der Waals surface area contributed by atoms with Crippen LogP contribution in [0.4, 0.5) is 0 Å². The monoisotopic (exact) mass is 162 g/mol. The molecule has 0 amide bonds. The van der Waals surface area contributed by atoms with Crippen LogP contribution in [0.25, 0.3) is 0 Å². The van der Waals surface area contributed by atoms with Crippen LogP contribution in [0, 0.1) is 0 Å². The van der Waals surface area contributed by atoms with E-state index >= 15 is 0 Å². The Morgan fingerprint density at radius 3 is 2.80 bits per heavy atom. The van der Waals surface area contributed by atoms with E-state index in [1.165, 1.54) is 6.92 Å². The first kappa shape index (κ1) is 9.49. The molecule has 0 bridgehead atoms. The molecule has 0 heterocycles. The van der Waals surface area contributed by atoms with E-state index in [-0.39, 0.29) is 17.6 Å². The predicted molar refractivity (Wildman–Crippen MR) is 40.1 cm³/mol. The fraction of sp³-hybridized carbons (Fsp3) is 0.667. The molecule has 0 saturated heterocycles. The largest absolute Gasteiger partial charge is 0.468 e. The zero-order valence-electron chi connectivity index (χ0n) is 5.74. The Kier molecular flexibility index (Phi) is 5.02. The fourth-order valence-electron chi connectivity index (χ4n) is 0.431. The molecular formula is C6H10O3S. The highest BCUT2D eigenvalue weighted by molar-refractivity contribution is 7.81. The van der Waals surface area contributed by atoms with Gasteiger partial charge in [0, 0.05) is 6.42 Å². The maximum absolute atomic E-state index is 10.5. The molecule has 0 N–H and O–H groups in total. The van der Waals surface area contributed by atoms with Crippen molar-refractivity contribution in [3.63, 3.8) is 0 Å². The number of hydrogen-bond donors (Lipinski definition) is 1. The van der Waals surface area contributed by atoms with Crippen LogP contribution in [0.2, 0.25) is 0 Å². The van der Waals surface area contributed by atoms with Crippen molar-refractivity contribution >= 4 is 24.9 Å². The van der Waals surface area contributed by atoms with E-state index in [1.54, 1.807) is 0 Å². The summed E-state index contributed by atoms with van der Waals surface area (Å²) in [6.45, 7) is 2.08. The average molecular weight is 162 g/mol. The second-order valence-electron chi connectivity index (χ2n) is 1.88. The number of carbonyl (C=O) groups is 2. The minimum Gasteiger partial charge on any atom is -0.468 e. The lowest BCUT2D eigenvalue weighted by Gasteiger charge is -2.03. The highest BCUT2D eigenvalue weighted by Crippen LogP contribution is 2.01. The summed E-state index contributed by atoms with van der Waals surface area (Å²) in [7, 11) is 0. The van der Waals surface area contributed by atoms with Gasteiger partial charge in [-0.15, -0.1) is 0 Å². The van der Waals surface area contributed by atoms with E-state index < -0.39 is 0 Å². The van der Waals surface area contributed by atoms with Crippen LogP contribution in [0.3, 0.4) is 0 Å². The van der Waals surface area contributed by atoms with Crippen molar-refractivity contribution in [3.05, 3.63) is 0 Å². The van der Waals surface area contributed by atoms with Gasteiger partial charge in [0.2, 0.25) is 0 Å². The van der Waals surface area contributed by atoms with Gasteiger partial charge in [0.15, 0.2) is 0 Å². The molecule has 1 atom stereocenters. The molecular weight excluding hydrogens is 152 g/mol. The Morgan fingerprint density at radius 1 is 1.80 bits per heavy atom. The third kappa shape index (κ3) is 4.38. The van der Waals surface area contributed by atoms with Crippen molar-refractivity contribution in [2.75, 3.05) is 6.61 Å². The first-order chi connectivity index (χ1) is 4.68. The Hall–Kier alpha value is -0.510. The van der Waals surface area contributed by atoms with Gasteiger partial charge in [-0.05, 0) is 6.92 Å². The summed E-state index contributed by atoms with van der Waals surface area (Å²) in [5, 5.41) is -0.306. The maximum atomic E-state index is 10.5. The molecule has 0 spiro atoms. The smallest absolute Gasteiger partial charge is 0.293 e. The normalized spacial score (nSPS) is 12.2. The lowest BCUT2D eigenvalue weighted by atomic mass is 10.2. The Bertz CT molecular complexity index is 124. The third-order valence-corrected chi connectivity index (χ3v) is 1.67. The van der Waals surface area contributed by atoms with Gasteiger partial charge >= 0.3 is 0 Å². The Balaban J connectivity index is 3.30. The van der Waals surface area contributed by atoms with Crippen molar-refractivity contribution in [3.8, 4) is 0 Å². The molecule has 0 fully saturated rings. The zero-order valence-corrected chi connectivity index (χ0v) is 6.64. The topological polar surface area (TPSA) is 43.4 Å². The minimum absolute atomic E-state index is 0.00201. The third-order valence-electron chi connectivity index (χ3n) is 1.05. The molecule has 0 aromatic carbocycles. The van der Waals surface area contributed by atoms with Gasteiger partial charge in [0.25, 0.3) is 6.47 Å². The molecule has 0 rings (SSSR count). The highest BCUT2D eigenvalue weighted by Gasteiger charge is 2.07. The molecule has 0 saturated carbocycles. The summed E-state index contributed by atoms with van der Waals surface area (Å²) in [4.78, 5) is 20.1. The zero-order chi connectivity index (χ0) is 7.98. The number of ether oxygens (including phenoxy) is 1. The van der Waals surface area contributed by atoms with E-state index in [0.29, 0.717) is 12.9 Å². The van der Waals surface area contributed by atoms with Gasteiger partial charge in [-0.2, -0.15) is 12.6 Å². The van der Waals surface area contributed by atoms with Gasteiger partial charge in [0.1, 0.15) is 5.78 Å². The molecule has 0 aliphatic carbocycles. The van der Waals surface area contributed by atoms with Crippen LogP contribution in [-0.2, 0) is 14.3 Å². The summed E-state index contributed by atoms with van der Waals surface area (Å²) in [5.74, 6) is -0.00201. The van der Waals surface area contributed by atoms with Crippen molar-refractivity contribution < 1.29 is 14.3 Å². The quantitative estimate of drug-likeness (QED) is 0.362. The summed E-state index contributed by atoms with van der Waals surface area (Å²) in [5.41, 5.74) is 0. The molecule has 10 heavy (non-hydrogen) atoms. The minimum atomic E-state index is -0.306. The number of hydrogen-bond acceptors (Lipinski definition) is 4. The van der Waals surface area contributed by atoms with E-state index in [2.05, 4.69) is 17.4 Å². The standard InChI is InChI=1S/C6H10O3S/c1-5(8)6(10)2-3-9-4-7/h4,6,10H,2-3H2,1H3/t6-/m1/s1. The van der Waals surface area contributed by atoms with Crippen LogP contribution in [0.5, 0.6) is 0 Å². The lowest BCUT2D eigenvalue weighted by molar-refractivity contribution is -0.129. The molecule has 58 valence electrons. The van der Waals surface area contributed by atoms with E-state index in [0.717, 1.165) is 0 Å². The van der Waals surface area contributed by atoms with Gasteiger partial charge in [-0.3, -0.25) is 9.59 Å². The fourth-order valence-corrected chi connectivity index (χ4v) is 0.536. The van der Waals surface area contributed by atoms with Crippen molar-refractivity contribution in [1.29, 1.82) is 0 Å². The summed E-state index contributed by atoms with van der Waals surface area (Å²) >= 11 is 3.95. The Morgan fingerprint density at radius 2 is 2.40 bits per heavy atom. The number of rotatable bonds is 5. The summed E-state index contributed by atoms with van der Waals surface area (Å²) < 4.78 is 4.37. The molecule has 0 aromatic rings. The average Bonchev–Trinajstić information content (AvgIpc) is 1.88. The molecule has 0 aliphatic rings. The SMILES string of the molecule is CC(=O)[C@H](S)CCOC=O. The van der Waals surface area contributed by atoms with E-state index in [9.17, 15) is 9.59 Å². The van der Waals surface area contributed by atoms with Crippen LogP contribution < -0.4 is 0 Å². The van der Waals surface area contributed by atoms with Crippen LogP contribution in [0.1, 0.15) is 13.3 Å². The number of thiol groups is 1. The van der Waals surface area contributed by atoms with Crippen molar-refractivity contribution in [1.82, 2.24) is 0 Å². The maximum Gasteiger partial charge on any atom is 0.293 e. The molecule has 3 nitrogen and oxygen atoms in total. The van der Waals surface area contributed by atoms with Crippen molar-refractivity contribution in [2.45, 2.75) is 18.6 Å². The summed E-state index contributed by atoms with van der Waals surface area (Å²) in [6, 6.07) is 0. The van der Waals surface area contributed by atoms with E-state index in [1.807, 2.05) is 0 Å². The second kappa shape index (κ2) is 5.29. The number of carbonyl (C=O) groups excluding carboxylic acids is 2. The van der Waals surface area contributed by atoms with Crippen LogP contribution in [0.15, 0.2) is 0 Å². The van der Waals surface area contributed by atoms with Crippen LogP contribution in [-0.4, -0.2) is 24.1 Å². The first-order valence-corrected chi connectivity index (χ1v) is 3.44. The van der Waals surface area contributed by atoms with Gasteiger partial charge in [0.05, 0.1) is 11.9 Å². The van der Waals surface area contributed by atoms with Gasteiger partial charge in [-0.1, -0.05) is 0 Å². The first-order valence-electron chi connectivity index (χ1n) is 2.92. The number of ketones is 1.